The average molecular weight is 244 g/mol. The first-order valence-electron chi connectivity index (χ1n) is 5.68. The molecule has 0 bridgehead atoms. The Kier molecular flexibility index (Phi) is 3.40. The predicted octanol–water partition coefficient (Wildman–Crippen LogP) is 2.20. The van der Waals surface area contributed by atoms with Crippen LogP contribution in [0, 0.1) is 17.5 Å². The molecule has 0 aliphatic carbocycles. The van der Waals surface area contributed by atoms with Crippen molar-refractivity contribution in [2.24, 2.45) is 5.73 Å². The SMILES string of the molecule is CCN1CC[C@H](N)[C@@H]1c1cc(F)c(F)c(F)c1. The fraction of sp³-hybridized carbons (Fsp3) is 0.500. The summed E-state index contributed by atoms with van der Waals surface area (Å²) in [5.74, 6) is -3.74. The smallest absolute Gasteiger partial charge is 0.194 e. The lowest BCUT2D eigenvalue weighted by Gasteiger charge is -2.26. The van der Waals surface area contributed by atoms with Crippen LogP contribution in [0.15, 0.2) is 12.1 Å². The van der Waals surface area contributed by atoms with Crippen molar-refractivity contribution in [1.29, 1.82) is 0 Å². The average Bonchev–Trinajstić information content (AvgIpc) is 2.66. The third kappa shape index (κ3) is 2.17. The molecule has 94 valence electrons. The first kappa shape index (κ1) is 12.4. The van der Waals surface area contributed by atoms with Crippen molar-refractivity contribution in [3.05, 3.63) is 35.1 Å². The van der Waals surface area contributed by atoms with Crippen LogP contribution in [0.2, 0.25) is 0 Å². The highest BCUT2D eigenvalue weighted by molar-refractivity contribution is 5.25. The summed E-state index contributed by atoms with van der Waals surface area (Å²) >= 11 is 0. The molecular formula is C12H15F3N2. The van der Waals surface area contributed by atoms with Gasteiger partial charge in [-0.1, -0.05) is 6.92 Å². The van der Waals surface area contributed by atoms with Crippen molar-refractivity contribution >= 4 is 0 Å². The summed E-state index contributed by atoms with van der Waals surface area (Å²) in [5.41, 5.74) is 6.35. The zero-order chi connectivity index (χ0) is 12.6. The van der Waals surface area contributed by atoms with Gasteiger partial charge in [-0.3, -0.25) is 4.90 Å². The maximum absolute atomic E-state index is 13.2. The fourth-order valence-corrected chi connectivity index (χ4v) is 2.44. The number of nitrogens with two attached hydrogens (primary N) is 1. The number of likely N-dealkylation sites (tertiary alicyclic amines) is 1. The number of rotatable bonds is 2. The Labute approximate surface area is 98.2 Å². The van der Waals surface area contributed by atoms with Crippen molar-refractivity contribution < 1.29 is 13.2 Å². The zero-order valence-corrected chi connectivity index (χ0v) is 9.59. The third-order valence-corrected chi connectivity index (χ3v) is 3.30. The minimum Gasteiger partial charge on any atom is -0.326 e. The van der Waals surface area contributed by atoms with Gasteiger partial charge in [0, 0.05) is 12.6 Å². The van der Waals surface area contributed by atoms with Gasteiger partial charge in [-0.2, -0.15) is 0 Å². The number of likely N-dealkylation sites (N-methyl/N-ethyl adjacent to an activating group) is 1. The normalized spacial score (nSPS) is 25.5. The summed E-state index contributed by atoms with van der Waals surface area (Å²) in [7, 11) is 0. The van der Waals surface area contributed by atoms with Crippen LogP contribution in [0.4, 0.5) is 13.2 Å². The maximum Gasteiger partial charge on any atom is 0.194 e. The summed E-state index contributed by atoms with van der Waals surface area (Å²) in [4.78, 5) is 2.04. The van der Waals surface area contributed by atoms with E-state index in [1.165, 1.54) is 0 Å². The molecule has 2 atom stereocenters. The topological polar surface area (TPSA) is 29.3 Å². The van der Waals surface area contributed by atoms with E-state index in [-0.39, 0.29) is 12.1 Å². The predicted molar refractivity (Wildman–Crippen MR) is 58.9 cm³/mol. The van der Waals surface area contributed by atoms with Gasteiger partial charge in [0.15, 0.2) is 17.5 Å². The van der Waals surface area contributed by atoms with E-state index in [4.69, 9.17) is 5.73 Å². The highest BCUT2D eigenvalue weighted by Crippen LogP contribution is 2.32. The van der Waals surface area contributed by atoms with Crippen molar-refractivity contribution in [2.45, 2.75) is 25.4 Å². The molecule has 5 heteroatoms. The van der Waals surface area contributed by atoms with Gasteiger partial charge in [-0.25, -0.2) is 13.2 Å². The summed E-state index contributed by atoms with van der Waals surface area (Å²) < 4.78 is 39.2. The van der Waals surface area contributed by atoms with Gasteiger partial charge in [0.05, 0.1) is 6.04 Å². The molecule has 2 rings (SSSR count). The minimum atomic E-state index is -1.43. The standard InChI is InChI=1S/C12H15F3N2/c1-2-17-4-3-10(16)12(17)7-5-8(13)11(15)9(14)6-7/h5-6,10,12H,2-4,16H2,1H3/t10-,12-/m0/s1. The second kappa shape index (κ2) is 4.66. The van der Waals surface area contributed by atoms with E-state index >= 15 is 0 Å². The minimum absolute atomic E-state index is 0.167. The van der Waals surface area contributed by atoms with E-state index in [1.54, 1.807) is 0 Å². The molecule has 17 heavy (non-hydrogen) atoms. The van der Waals surface area contributed by atoms with Gasteiger partial charge < -0.3 is 5.73 Å². The molecule has 0 amide bonds. The molecule has 1 saturated heterocycles. The molecule has 1 fully saturated rings. The van der Waals surface area contributed by atoms with Crippen LogP contribution in [-0.2, 0) is 0 Å². The zero-order valence-electron chi connectivity index (χ0n) is 9.59. The van der Waals surface area contributed by atoms with Crippen LogP contribution in [0.1, 0.15) is 24.9 Å². The third-order valence-electron chi connectivity index (χ3n) is 3.30. The Morgan fingerprint density at radius 1 is 1.29 bits per heavy atom. The molecule has 0 saturated carbocycles. The lowest BCUT2D eigenvalue weighted by atomic mass is 10.0. The van der Waals surface area contributed by atoms with Crippen LogP contribution < -0.4 is 5.73 Å². The second-order valence-electron chi connectivity index (χ2n) is 4.32. The molecule has 1 aliphatic rings. The van der Waals surface area contributed by atoms with Crippen molar-refractivity contribution in [3.63, 3.8) is 0 Å². The summed E-state index contributed by atoms with van der Waals surface area (Å²) in [6.07, 6.45) is 0.777. The van der Waals surface area contributed by atoms with E-state index in [9.17, 15) is 13.2 Å². The highest BCUT2D eigenvalue weighted by atomic mass is 19.2. The maximum atomic E-state index is 13.2. The number of hydrogen-bond donors (Lipinski definition) is 1. The fourth-order valence-electron chi connectivity index (χ4n) is 2.44. The Balaban J connectivity index is 2.39. The Bertz CT molecular complexity index is 399. The Morgan fingerprint density at radius 3 is 2.41 bits per heavy atom. The van der Waals surface area contributed by atoms with E-state index in [1.807, 2.05) is 11.8 Å². The quantitative estimate of drug-likeness (QED) is 0.808. The molecular weight excluding hydrogens is 229 g/mol. The molecule has 0 radical (unpaired) electrons. The second-order valence-corrected chi connectivity index (χ2v) is 4.32. The monoisotopic (exact) mass is 244 g/mol. The summed E-state index contributed by atoms with van der Waals surface area (Å²) in [6.45, 7) is 3.50. The largest absolute Gasteiger partial charge is 0.326 e. The molecule has 1 aliphatic heterocycles. The van der Waals surface area contributed by atoms with Gasteiger partial charge in [0.25, 0.3) is 0 Å². The first-order chi connectivity index (χ1) is 8.04. The number of benzene rings is 1. The molecule has 1 aromatic carbocycles. The number of hydrogen-bond acceptors (Lipinski definition) is 2. The van der Waals surface area contributed by atoms with E-state index < -0.39 is 17.5 Å². The Hall–Kier alpha value is -1.07. The van der Waals surface area contributed by atoms with Crippen molar-refractivity contribution in [3.8, 4) is 0 Å². The molecule has 2 N–H and O–H groups in total. The van der Waals surface area contributed by atoms with Gasteiger partial charge in [0.1, 0.15) is 0 Å². The lowest BCUT2D eigenvalue weighted by Crippen LogP contribution is -2.32. The van der Waals surface area contributed by atoms with E-state index in [0.717, 1.165) is 31.6 Å². The van der Waals surface area contributed by atoms with Crippen molar-refractivity contribution in [2.75, 3.05) is 13.1 Å². The van der Waals surface area contributed by atoms with E-state index in [0.29, 0.717) is 5.56 Å². The molecule has 1 aromatic rings. The van der Waals surface area contributed by atoms with E-state index in [2.05, 4.69) is 0 Å². The molecule has 2 nitrogen and oxygen atoms in total. The summed E-state index contributed by atoms with van der Waals surface area (Å²) in [6, 6.07) is 1.68. The van der Waals surface area contributed by atoms with Gasteiger partial charge in [-0.05, 0) is 30.7 Å². The van der Waals surface area contributed by atoms with Crippen molar-refractivity contribution in [1.82, 2.24) is 4.90 Å². The first-order valence-corrected chi connectivity index (χ1v) is 5.68. The Morgan fingerprint density at radius 2 is 1.88 bits per heavy atom. The van der Waals surface area contributed by atoms with Crippen LogP contribution >= 0.6 is 0 Å². The molecule has 0 unspecified atom stereocenters. The van der Waals surface area contributed by atoms with Crippen LogP contribution in [0.5, 0.6) is 0 Å². The highest BCUT2D eigenvalue weighted by Gasteiger charge is 2.32. The van der Waals surface area contributed by atoms with Gasteiger partial charge in [0.2, 0.25) is 0 Å². The summed E-state index contributed by atoms with van der Waals surface area (Å²) in [5, 5.41) is 0. The molecule has 0 spiro atoms. The molecule has 0 aromatic heterocycles. The van der Waals surface area contributed by atoms with Crippen LogP contribution in [0.25, 0.3) is 0 Å². The van der Waals surface area contributed by atoms with Gasteiger partial charge in [-0.15, -0.1) is 0 Å². The molecule has 1 heterocycles. The number of nitrogens with zero attached hydrogens (tertiary/aromatic N) is 1. The van der Waals surface area contributed by atoms with Crippen LogP contribution in [-0.4, -0.2) is 24.0 Å². The van der Waals surface area contributed by atoms with Gasteiger partial charge >= 0.3 is 0 Å². The number of halogens is 3. The lowest BCUT2D eigenvalue weighted by molar-refractivity contribution is 0.259. The van der Waals surface area contributed by atoms with Crippen LogP contribution in [0.3, 0.4) is 0 Å².